The van der Waals surface area contributed by atoms with E-state index in [1.165, 1.54) is 57.6 Å². The van der Waals surface area contributed by atoms with Crippen LogP contribution < -0.4 is 16.0 Å². The fourth-order valence-corrected chi connectivity index (χ4v) is 7.43. The van der Waals surface area contributed by atoms with E-state index in [1.54, 1.807) is 6.20 Å². The van der Waals surface area contributed by atoms with Crippen molar-refractivity contribution in [2.45, 2.75) is 90.9 Å². The van der Waals surface area contributed by atoms with Gasteiger partial charge in [-0.25, -0.2) is 4.98 Å². The number of hydrogen-bond donors (Lipinski definition) is 0. The molecule has 0 bridgehead atoms. The predicted octanol–water partition coefficient (Wildman–Crippen LogP) is 7.28. The molecule has 3 rings (SSSR count). The third kappa shape index (κ3) is 9.14. The number of benzene rings is 2. The normalized spacial score (nSPS) is 11.4. The Morgan fingerprint density at radius 1 is 0.667 bits per heavy atom. The second-order valence-corrected chi connectivity index (χ2v) is 13.1. The van der Waals surface area contributed by atoms with Crippen LogP contribution in [0.2, 0.25) is 0 Å². The van der Waals surface area contributed by atoms with Crippen LogP contribution in [-0.4, -0.2) is 33.9 Å². The molecule has 1 aromatic heterocycles. The number of hydrogen-bond acceptors (Lipinski definition) is 4. The molecule has 0 fully saturated rings. The highest BCUT2D eigenvalue weighted by atomic mass is 31.2. The van der Waals surface area contributed by atoms with Crippen LogP contribution in [0.15, 0.2) is 73.1 Å². The number of rotatable bonds is 18. The summed E-state index contributed by atoms with van der Waals surface area (Å²) in [5.41, 5.74) is 0.626. The Bertz CT molecular complexity index is 1090. The van der Waals surface area contributed by atoms with Crippen molar-refractivity contribution in [2.75, 3.05) is 13.1 Å². The van der Waals surface area contributed by atoms with Crippen LogP contribution in [-0.2, 0) is 4.57 Å². The van der Waals surface area contributed by atoms with Crippen LogP contribution in [0.3, 0.4) is 0 Å². The molecule has 0 aliphatic rings. The molecule has 0 aliphatic heterocycles. The number of amides is 1. The van der Waals surface area contributed by atoms with Gasteiger partial charge < -0.3 is 9.46 Å². The minimum absolute atomic E-state index is 0.112. The number of aromatic nitrogens is 2. The van der Waals surface area contributed by atoms with Gasteiger partial charge in [-0.15, -0.1) is 0 Å². The van der Waals surface area contributed by atoms with Crippen LogP contribution in [0.25, 0.3) is 0 Å². The standard InChI is InChI=1S/C33H46N3O2P/c1-3-5-7-9-11-19-25-36(26-20-12-10-8-6-4-2)33(37)31-27-34-28-32(35-31)39(38,29-21-15-13-16-22-29)30-23-17-14-18-24-30/h13-18,21-24,27-28H,3-12,19-20,25-26H2,1-2H3. The lowest BCUT2D eigenvalue weighted by molar-refractivity contribution is 0.0743. The molecular weight excluding hydrogens is 501 g/mol. The van der Waals surface area contributed by atoms with Gasteiger partial charge in [0, 0.05) is 23.7 Å². The van der Waals surface area contributed by atoms with Gasteiger partial charge in [0.2, 0.25) is 0 Å². The first kappa shape index (κ1) is 30.8. The average Bonchev–Trinajstić information content (AvgIpc) is 2.99. The Morgan fingerprint density at radius 2 is 1.13 bits per heavy atom. The summed E-state index contributed by atoms with van der Waals surface area (Å²) in [7, 11) is -3.29. The van der Waals surface area contributed by atoms with E-state index in [1.807, 2.05) is 65.6 Å². The highest BCUT2D eigenvalue weighted by molar-refractivity contribution is 7.85. The Labute approximate surface area is 235 Å². The molecule has 0 saturated carbocycles. The summed E-state index contributed by atoms with van der Waals surface area (Å²) in [4.78, 5) is 24.8. The summed E-state index contributed by atoms with van der Waals surface area (Å²) in [6.45, 7) is 5.90. The van der Waals surface area contributed by atoms with Gasteiger partial charge in [0.05, 0.1) is 12.4 Å². The molecule has 0 unspecified atom stereocenters. The summed E-state index contributed by atoms with van der Waals surface area (Å²) in [5.74, 6) is -0.112. The average molecular weight is 548 g/mol. The highest BCUT2D eigenvalue weighted by Gasteiger charge is 2.32. The zero-order chi connectivity index (χ0) is 27.8. The molecule has 5 nitrogen and oxygen atoms in total. The van der Waals surface area contributed by atoms with E-state index in [0.29, 0.717) is 16.0 Å². The summed E-state index contributed by atoms with van der Waals surface area (Å²) < 4.78 is 14.7. The summed E-state index contributed by atoms with van der Waals surface area (Å²) in [6.07, 6.45) is 17.2. The lowest BCUT2D eigenvalue weighted by Gasteiger charge is -2.23. The smallest absolute Gasteiger partial charge is 0.274 e. The second kappa shape index (κ2) is 17.0. The quantitative estimate of drug-likeness (QED) is 0.124. The second-order valence-electron chi connectivity index (χ2n) is 10.4. The van der Waals surface area contributed by atoms with Gasteiger partial charge in [0.15, 0.2) is 7.14 Å². The van der Waals surface area contributed by atoms with E-state index in [4.69, 9.17) is 4.98 Å². The zero-order valence-corrected chi connectivity index (χ0v) is 24.8. The molecule has 0 aliphatic carbocycles. The molecule has 39 heavy (non-hydrogen) atoms. The first-order valence-corrected chi connectivity index (χ1v) is 16.6. The molecule has 1 heterocycles. The van der Waals surface area contributed by atoms with Crippen molar-refractivity contribution in [3.63, 3.8) is 0 Å². The minimum Gasteiger partial charge on any atom is -0.337 e. The number of nitrogens with zero attached hydrogens (tertiary/aromatic N) is 3. The molecule has 0 radical (unpaired) electrons. The van der Waals surface area contributed by atoms with E-state index in [9.17, 15) is 9.36 Å². The SMILES string of the molecule is CCCCCCCCN(CCCCCCCC)C(=O)c1cncc(P(=O)(c2ccccc2)c2ccccc2)n1. The number of carbonyl (C=O) groups is 1. The fraction of sp³-hybridized carbons (Fsp3) is 0.485. The van der Waals surface area contributed by atoms with Crippen molar-refractivity contribution in [1.82, 2.24) is 14.9 Å². The monoisotopic (exact) mass is 547 g/mol. The lowest BCUT2D eigenvalue weighted by atomic mass is 10.1. The van der Waals surface area contributed by atoms with Crippen LogP contribution in [0, 0.1) is 0 Å². The van der Waals surface area contributed by atoms with Crippen molar-refractivity contribution in [3.05, 3.63) is 78.8 Å². The van der Waals surface area contributed by atoms with Crippen molar-refractivity contribution >= 4 is 29.1 Å². The summed E-state index contributed by atoms with van der Waals surface area (Å²) in [5, 5.41) is 1.37. The van der Waals surface area contributed by atoms with Gasteiger partial charge in [-0.2, -0.15) is 0 Å². The van der Waals surface area contributed by atoms with Gasteiger partial charge >= 0.3 is 0 Å². The maximum atomic E-state index is 14.7. The molecule has 2 aromatic carbocycles. The van der Waals surface area contributed by atoms with Crippen LogP contribution in [0.1, 0.15) is 101 Å². The molecule has 210 valence electrons. The number of carbonyl (C=O) groups excluding carboxylic acids is 1. The zero-order valence-electron chi connectivity index (χ0n) is 23.9. The first-order valence-electron chi connectivity index (χ1n) is 14.9. The van der Waals surface area contributed by atoms with E-state index < -0.39 is 7.14 Å². The molecule has 0 spiro atoms. The van der Waals surface area contributed by atoms with Crippen molar-refractivity contribution in [3.8, 4) is 0 Å². The van der Waals surface area contributed by atoms with Gasteiger partial charge in [-0.3, -0.25) is 9.78 Å². The largest absolute Gasteiger partial charge is 0.337 e. The minimum atomic E-state index is -3.29. The Hall–Kier alpha value is -2.78. The van der Waals surface area contributed by atoms with E-state index in [0.717, 1.165) is 38.8 Å². The topological polar surface area (TPSA) is 63.2 Å². The Kier molecular flexibility index (Phi) is 13.4. The van der Waals surface area contributed by atoms with Gasteiger partial charge in [-0.1, -0.05) is 139 Å². The van der Waals surface area contributed by atoms with Crippen molar-refractivity contribution < 1.29 is 9.36 Å². The van der Waals surface area contributed by atoms with Gasteiger partial charge in [0.1, 0.15) is 11.1 Å². The Balaban J connectivity index is 1.82. The Morgan fingerprint density at radius 3 is 1.62 bits per heavy atom. The van der Waals surface area contributed by atoms with Crippen molar-refractivity contribution in [1.29, 1.82) is 0 Å². The van der Waals surface area contributed by atoms with E-state index >= 15 is 0 Å². The molecule has 6 heteroatoms. The van der Waals surface area contributed by atoms with Gasteiger partial charge in [0.25, 0.3) is 5.91 Å². The maximum absolute atomic E-state index is 14.7. The number of unbranched alkanes of at least 4 members (excludes halogenated alkanes) is 10. The molecule has 0 N–H and O–H groups in total. The van der Waals surface area contributed by atoms with Crippen molar-refractivity contribution in [2.24, 2.45) is 0 Å². The van der Waals surface area contributed by atoms with E-state index in [2.05, 4.69) is 18.8 Å². The predicted molar refractivity (Wildman–Crippen MR) is 164 cm³/mol. The fourth-order valence-electron chi connectivity index (χ4n) is 4.94. The molecule has 0 saturated heterocycles. The van der Waals surface area contributed by atoms with E-state index in [-0.39, 0.29) is 11.6 Å². The van der Waals surface area contributed by atoms with Gasteiger partial charge in [-0.05, 0) is 12.8 Å². The maximum Gasteiger partial charge on any atom is 0.274 e. The van der Waals surface area contributed by atoms with Crippen LogP contribution in [0.5, 0.6) is 0 Å². The molecule has 0 atom stereocenters. The third-order valence-corrected chi connectivity index (χ3v) is 10.2. The summed E-state index contributed by atoms with van der Waals surface area (Å²) >= 11 is 0. The lowest BCUT2D eigenvalue weighted by Crippen LogP contribution is -2.35. The molecular formula is C33H46N3O2P. The van der Waals surface area contributed by atoms with Crippen LogP contribution >= 0.6 is 7.14 Å². The highest BCUT2D eigenvalue weighted by Crippen LogP contribution is 2.41. The first-order chi connectivity index (χ1) is 19.1. The third-order valence-electron chi connectivity index (χ3n) is 7.25. The molecule has 1 amide bonds. The van der Waals surface area contributed by atoms with Crippen LogP contribution in [0.4, 0.5) is 0 Å². The molecule has 3 aromatic rings. The summed E-state index contributed by atoms with van der Waals surface area (Å²) in [6, 6.07) is 18.8.